The highest BCUT2D eigenvalue weighted by Gasteiger charge is 2.22. The highest BCUT2D eigenvalue weighted by molar-refractivity contribution is 5.89. The molecule has 0 aliphatic heterocycles. The molecule has 8 heteroatoms. The van der Waals surface area contributed by atoms with Crippen LogP contribution in [0.3, 0.4) is 0 Å². The molecule has 0 bridgehead atoms. The third kappa shape index (κ3) is 5.60. The normalized spacial score (nSPS) is 11.6. The number of hydrogen-bond donors (Lipinski definition) is 2. The van der Waals surface area contributed by atoms with Crippen LogP contribution in [0.15, 0.2) is 64.2 Å². The van der Waals surface area contributed by atoms with Crippen LogP contribution in [-0.2, 0) is 26.7 Å². The van der Waals surface area contributed by atoms with E-state index in [0.717, 1.165) is 24.3 Å². The Labute approximate surface area is 211 Å². The van der Waals surface area contributed by atoms with Gasteiger partial charge in [0.2, 0.25) is 0 Å². The summed E-state index contributed by atoms with van der Waals surface area (Å²) in [7, 11) is 1.53. The summed E-state index contributed by atoms with van der Waals surface area (Å²) in [5.41, 5.74) is 2.80. The van der Waals surface area contributed by atoms with Gasteiger partial charge in [-0.05, 0) is 41.6 Å². The Morgan fingerprint density at radius 3 is 2.33 bits per heavy atom. The van der Waals surface area contributed by atoms with E-state index in [0.29, 0.717) is 35.9 Å². The van der Waals surface area contributed by atoms with Crippen LogP contribution in [0.1, 0.15) is 38.8 Å². The van der Waals surface area contributed by atoms with Crippen molar-refractivity contribution in [2.24, 2.45) is 18.9 Å². The van der Waals surface area contributed by atoms with Crippen molar-refractivity contribution in [1.29, 1.82) is 0 Å². The fourth-order valence-corrected chi connectivity index (χ4v) is 4.31. The monoisotopic (exact) mass is 488 g/mol. The van der Waals surface area contributed by atoms with Crippen molar-refractivity contribution < 1.29 is 0 Å². The summed E-state index contributed by atoms with van der Waals surface area (Å²) in [5, 5.41) is 12.1. The summed E-state index contributed by atoms with van der Waals surface area (Å²) in [6.07, 6.45) is 0. The van der Waals surface area contributed by atoms with E-state index in [1.165, 1.54) is 17.2 Å². The number of nitrogens with zero attached hydrogens (tertiary/aromatic N) is 4. The minimum atomic E-state index is -0.355. The molecule has 2 heterocycles. The maximum Gasteiger partial charge on any atom is 0.332 e. The van der Waals surface area contributed by atoms with E-state index in [4.69, 9.17) is 5.10 Å². The molecule has 0 fully saturated rings. The van der Waals surface area contributed by atoms with Gasteiger partial charge in [-0.15, -0.1) is 0 Å². The average molecular weight is 489 g/mol. The molecule has 0 aliphatic rings. The van der Waals surface area contributed by atoms with E-state index in [1.807, 2.05) is 50.2 Å². The van der Waals surface area contributed by atoms with Crippen LogP contribution in [0.4, 0.5) is 11.5 Å². The summed E-state index contributed by atoms with van der Waals surface area (Å²) < 4.78 is 4.59. The maximum absolute atomic E-state index is 13.3. The lowest BCUT2D eigenvalue weighted by Crippen LogP contribution is -2.38. The van der Waals surface area contributed by atoms with Crippen LogP contribution < -0.4 is 21.9 Å². The Morgan fingerprint density at radius 2 is 1.64 bits per heavy atom. The Balaban J connectivity index is 1.82. The van der Waals surface area contributed by atoms with Gasteiger partial charge in [-0.2, -0.15) is 5.10 Å². The third-order valence-electron chi connectivity index (χ3n) is 6.02. The molecule has 8 nitrogen and oxygen atoms in total. The van der Waals surface area contributed by atoms with Gasteiger partial charge in [0.05, 0.1) is 6.54 Å². The second-order valence-corrected chi connectivity index (χ2v) is 10.2. The predicted octanol–water partition coefficient (Wildman–Crippen LogP) is 4.09. The van der Waals surface area contributed by atoms with Crippen molar-refractivity contribution in [3.8, 4) is 0 Å². The number of fused-ring (bicyclic) bond motifs is 1. The lowest BCUT2D eigenvalue weighted by atomic mass is 10.1. The van der Waals surface area contributed by atoms with Crippen LogP contribution in [0.5, 0.6) is 0 Å². The van der Waals surface area contributed by atoms with E-state index in [2.05, 4.69) is 42.7 Å². The molecule has 190 valence electrons. The summed E-state index contributed by atoms with van der Waals surface area (Å²) in [4.78, 5) is 26.4. The first-order chi connectivity index (χ1) is 17.2. The number of rotatable bonds is 10. The SMILES string of the molecule is CC(C)CNCc1cccc(Cn2nc3c(c2Nc2ccccc2)c(=O)n(C)c(=O)n3CC(C)C)c1. The van der Waals surface area contributed by atoms with Gasteiger partial charge < -0.3 is 10.6 Å². The van der Waals surface area contributed by atoms with Gasteiger partial charge in [0.1, 0.15) is 11.2 Å². The molecule has 36 heavy (non-hydrogen) atoms. The highest BCUT2D eigenvalue weighted by Crippen LogP contribution is 2.25. The Hall–Kier alpha value is -3.65. The quantitative estimate of drug-likeness (QED) is 0.351. The van der Waals surface area contributed by atoms with Crippen molar-refractivity contribution in [1.82, 2.24) is 24.2 Å². The molecule has 0 aliphatic carbocycles. The number of benzene rings is 2. The fourth-order valence-electron chi connectivity index (χ4n) is 4.31. The summed E-state index contributed by atoms with van der Waals surface area (Å²) >= 11 is 0. The lowest BCUT2D eigenvalue weighted by Gasteiger charge is -2.12. The fraction of sp³-hybridized carbons (Fsp3) is 0.393. The molecule has 0 unspecified atom stereocenters. The minimum Gasteiger partial charge on any atom is -0.340 e. The molecular formula is C28H36N6O2. The predicted molar refractivity (Wildman–Crippen MR) is 146 cm³/mol. The van der Waals surface area contributed by atoms with Gasteiger partial charge in [0.15, 0.2) is 5.65 Å². The van der Waals surface area contributed by atoms with E-state index >= 15 is 0 Å². The highest BCUT2D eigenvalue weighted by atomic mass is 16.2. The molecule has 0 spiro atoms. The smallest absolute Gasteiger partial charge is 0.332 e. The summed E-state index contributed by atoms with van der Waals surface area (Å²) in [6.45, 7) is 11.1. The van der Waals surface area contributed by atoms with Crippen LogP contribution in [-0.4, -0.2) is 25.5 Å². The van der Waals surface area contributed by atoms with Crippen LogP contribution >= 0.6 is 0 Å². The van der Waals surface area contributed by atoms with Gasteiger partial charge in [-0.1, -0.05) is 70.2 Å². The Kier molecular flexibility index (Phi) is 7.74. The molecule has 0 saturated carbocycles. The Bertz CT molecular complexity index is 1450. The molecule has 4 rings (SSSR count). The van der Waals surface area contributed by atoms with E-state index in [9.17, 15) is 9.59 Å². The first kappa shape index (κ1) is 25.4. The zero-order chi connectivity index (χ0) is 25.8. The van der Waals surface area contributed by atoms with Crippen LogP contribution in [0, 0.1) is 11.8 Å². The zero-order valence-electron chi connectivity index (χ0n) is 21.8. The van der Waals surface area contributed by atoms with E-state index in [1.54, 1.807) is 9.25 Å². The van der Waals surface area contributed by atoms with E-state index in [-0.39, 0.29) is 17.2 Å². The topological polar surface area (TPSA) is 85.9 Å². The van der Waals surface area contributed by atoms with Crippen molar-refractivity contribution in [2.45, 2.75) is 47.3 Å². The Morgan fingerprint density at radius 1 is 0.917 bits per heavy atom. The van der Waals surface area contributed by atoms with E-state index < -0.39 is 0 Å². The molecule has 0 saturated heterocycles. The van der Waals surface area contributed by atoms with Crippen LogP contribution in [0.2, 0.25) is 0 Å². The van der Waals surface area contributed by atoms with Crippen molar-refractivity contribution in [3.63, 3.8) is 0 Å². The van der Waals surface area contributed by atoms with Crippen molar-refractivity contribution >= 4 is 22.5 Å². The minimum absolute atomic E-state index is 0.217. The van der Waals surface area contributed by atoms with Crippen molar-refractivity contribution in [2.75, 3.05) is 11.9 Å². The summed E-state index contributed by atoms with van der Waals surface area (Å²) in [5.74, 6) is 1.38. The molecule has 2 aromatic carbocycles. The number of anilines is 2. The number of nitrogens with one attached hydrogen (secondary N) is 2. The molecule has 0 radical (unpaired) electrons. The zero-order valence-corrected chi connectivity index (χ0v) is 21.8. The average Bonchev–Trinajstić information content (AvgIpc) is 3.18. The molecule has 2 N–H and O–H groups in total. The molecule has 0 amide bonds. The maximum atomic E-state index is 13.3. The second-order valence-electron chi connectivity index (χ2n) is 10.2. The molecule has 4 aromatic rings. The van der Waals surface area contributed by atoms with Gasteiger partial charge in [0, 0.05) is 25.8 Å². The molecular weight excluding hydrogens is 452 g/mol. The molecule has 0 atom stereocenters. The van der Waals surface area contributed by atoms with Gasteiger partial charge in [-0.25, -0.2) is 9.48 Å². The lowest BCUT2D eigenvalue weighted by molar-refractivity contribution is 0.498. The first-order valence-electron chi connectivity index (χ1n) is 12.6. The second kappa shape index (κ2) is 11.0. The number of hydrogen-bond acceptors (Lipinski definition) is 5. The molecule has 2 aromatic heterocycles. The standard InChI is InChI=1S/C28H36N6O2/c1-19(2)15-29-16-21-10-9-11-22(14-21)18-34-25(30-23-12-7-6-8-13-23)24-26(31-34)33(17-20(3)4)28(36)32(5)27(24)35/h6-14,19-20,29-30H,15-18H2,1-5H3. The van der Waals surface area contributed by atoms with Gasteiger partial charge in [-0.3, -0.25) is 13.9 Å². The van der Waals surface area contributed by atoms with Gasteiger partial charge in [0.25, 0.3) is 5.56 Å². The first-order valence-corrected chi connectivity index (χ1v) is 12.6. The van der Waals surface area contributed by atoms with Crippen molar-refractivity contribution in [3.05, 3.63) is 86.6 Å². The summed E-state index contributed by atoms with van der Waals surface area (Å²) in [6, 6.07) is 18.1. The van der Waals surface area contributed by atoms with Gasteiger partial charge >= 0.3 is 5.69 Å². The largest absolute Gasteiger partial charge is 0.340 e. The van der Waals surface area contributed by atoms with Crippen LogP contribution in [0.25, 0.3) is 11.0 Å². The third-order valence-corrected chi connectivity index (χ3v) is 6.02. The number of aromatic nitrogens is 4. The number of para-hydroxylation sites is 1.